The molecular formula is C16H20ClN7O. The van der Waals surface area contributed by atoms with Crippen molar-refractivity contribution in [3.8, 4) is 0 Å². The number of halogens is 1. The molecule has 0 aliphatic carbocycles. The lowest BCUT2D eigenvalue weighted by Crippen LogP contribution is -2.23. The Morgan fingerprint density at radius 3 is 2.68 bits per heavy atom. The number of anilines is 1. The standard InChI is InChI=1S/C16H20ClN7O/c1-4-23-11(2)13(5-19-23)8-22-10-15(7-18-22)21-16(25)12(3)24-9-14(17)6-20-24/h5-7,9-10,12H,4,8H2,1-3H3,(H,21,25). The summed E-state index contributed by atoms with van der Waals surface area (Å²) in [5, 5.41) is 16.0. The van der Waals surface area contributed by atoms with Crippen LogP contribution < -0.4 is 5.32 Å². The molecule has 0 saturated carbocycles. The molecule has 3 aromatic rings. The molecule has 0 aliphatic rings. The number of hydrogen-bond acceptors (Lipinski definition) is 4. The first-order chi connectivity index (χ1) is 12.0. The first-order valence-corrected chi connectivity index (χ1v) is 8.40. The fraction of sp³-hybridized carbons (Fsp3) is 0.375. The van der Waals surface area contributed by atoms with Gasteiger partial charge in [0.25, 0.3) is 0 Å². The summed E-state index contributed by atoms with van der Waals surface area (Å²) in [5.41, 5.74) is 2.85. The number of carbonyl (C=O) groups excluding carboxylic acids is 1. The predicted octanol–water partition coefficient (Wildman–Crippen LogP) is 2.51. The monoisotopic (exact) mass is 361 g/mol. The van der Waals surface area contributed by atoms with Crippen LogP contribution in [0.5, 0.6) is 0 Å². The highest BCUT2D eigenvalue weighted by Gasteiger charge is 2.17. The number of rotatable bonds is 6. The zero-order chi connectivity index (χ0) is 18.0. The zero-order valence-corrected chi connectivity index (χ0v) is 15.1. The van der Waals surface area contributed by atoms with Crippen molar-refractivity contribution in [1.29, 1.82) is 0 Å². The molecule has 1 amide bonds. The lowest BCUT2D eigenvalue weighted by Gasteiger charge is -2.11. The average Bonchev–Trinajstić information content (AvgIpc) is 3.29. The van der Waals surface area contributed by atoms with Crippen LogP contribution in [-0.4, -0.2) is 35.2 Å². The fourth-order valence-corrected chi connectivity index (χ4v) is 2.69. The molecule has 0 bridgehead atoms. The molecule has 0 aliphatic heterocycles. The maximum Gasteiger partial charge on any atom is 0.249 e. The Morgan fingerprint density at radius 2 is 2.04 bits per heavy atom. The van der Waals surface area contributed by atoms with E-state index in [2.05, 4.69) is 27.5 Å². The van der Waals surface area contributed by atoms with Crippen molar-refractivity contribution in [3.63, 3.8) is 0 Å². The topological polar surface area (TPSA) is 82.6 Å². The number of nitrogens with zero attached hydrogens (tertiary/aromatic N) is 6. The Morgan fingerprint density at radius 1 is 1.24 bits per heavy atom. The quantitative estimate of drug-likeness (QED) is 0.731. The second-order valence-corrected chi connectivity index (χ2v) is 6.24. The average molecular weight is 362 g/mol. The van der Waals surface area contributed by atoms with E-state index < -0.39 is 6.04 Å². The van der Waals surface area contributed by atoms with Gasteiger partial charge in [0.1, 0.15) is 6.04 Å². The maximum atomic E-state index is 12.3. The first kappa shape index (κ1) is 17.2. The SMILES string of the molecule is CCn1ncc(Cn2cc(NC(=O)C(C)n3cc(Cl)cn3)cn2)c1C. The van der Waals surface area contributed by atoms with E-state index in [4.69, 9.17) is 11.6 Å². The molecular weight excluding hydrogens is 342 g/mol. The molecule has 0 saturated heterocycles. The van der Waals surface area contributed by atoms with Crippen LogP contribution in [0.2, 0.25) is 5.02 Å². The first-order valence-electron chi connectivity index (χ1n) is 8.02. The molecule has 0 aromatic carbocycles. The van der Waals surface area contributed by atoms with Gasteiger partial charge in [-0.3, -0.25) is 18.8 Å². The van der Waals surface area contributed by atoms with E-state index >= 15 is 0 Å². The number of aryl methyl sites for hydroxylation is 1. The van der Waals surface area contributed by atoms with Gasteiger partial charge < -0.3 is 5.32 Å². The molecule has 3 heterocycles. The Hall–Kier alpha value is -2.61. The third-order valence-electron chi connectivity index (χ3n) is 4.08. The van der Waals surface area contributed by atoms with Crippen LogP contribution in [0.25, 0.3) is 0 Å². The number of carbonyl (C=O) groups is 1. The summed E-state index contributed by atoms with van der Waals surface area (Å²) in [6.07, 6.45) is 8.39. The van der Waals surface area contributed by atoms with E-state index in [1.54, 1.807) is 30.2 Å². The van der Waals surface area contributed by atoms with Gasteiger partial charge in [-0.15, -0.1) is 0 Å². The van der Waals surface area contributed by atoms with E-state index in [-0.39, 0.29) is 5.91 Å². The minimum atomic E-state index is -0.471. The van der Waals surface area contributed by atoms with Crippen molar-refractivity contribution in [2.24, 2.45) is 0 Å². The molecule has 25 heavy (non-hydrogen) atoms. The minimum absolute atomic E-state index is 0.186. The molecule has 3 aromatic heterocycles. The van der Waals surface area contributed by atoms with E-state index in [0.29, 0.717) is 17.3 Å². The summed E-state index contributed by atoms with van der Waals surface area (Å²) >= 11 is 5.84. The van der Waals surface area contributed by atoms with Crippen molar-refractivity contribution in [2.75, 3.05) is 5.32 Å². The zero-order valence-electron chi connectivity index (χ0n) is 14.3. The summed E-state index contributed by atoms with van der Waals surface area (Å²) in [4.78, 5) is 12.3. The second kappa shape index (κ2) is 7.10. The smallest absolute Gasteiger partial charge is 0.249 e. The van der Waals surface area contributed by atoms with Crippen molar-refractivity contribution in [2.45, 2.75) is 39.9 Å². The third kappa shape index (κ3) is 3.74. The molecule has 1 atom stereocenters. The van der Waals surface area contributed by atoms with Crippen LogP contribution in [0.4, 0.5) is 5.69 Å². The lowest BCUT2D eigenvalue weighted by molar-refractivity contribution is -0.119. The van der Waals surface area contributed by atoms with Gasteiger partial charge in [-0.25, -0.2) is 0 Å². The molecule has 0 spiro atoms. The molecule has 9 heteroatoms. The number of hydrogen-bond donors (Lipinski definition) is 1. The van der Waals surface area contributed by atoms with Gasteiger partial charge in [0.2, 0.25) is 5.91 Å². The predicted molar refractivity (Wildman–Crippen MR) is 94.5 cm³/mol. The number of aromatic nitrogens is 6. The largest absolute Gasteiger partial charge is 0.322 e. The van der Waals surface area contributed by atoms with Crippen LogP contribution in [-0.2, 0) is 17.9 Å². The van der Waals surface area contributed by atoms with Gasteiger partial charge in [0.05, 0.1) is 35.8 Å². The highest BCUT2D eigenvalue weighted by molar-refractivity contribution is 6.30. The van der Waals surface area contributed by atoms with E-state index in [9.17, 15) is 4.79 Å². The van der Waals surface area contributed by atoms with Crippen molar-refractivity contribution in [3.05, 3.63) is 47.3 Å². The summed E-state index contributed by atoms with van der Waals surface area (Å²) in [5.74, 6) is -0.186. The Labute approximate surface area is 150 Å². The molecule has 0 radical (unpaired) electrons. The van der Waals surface area contributed by atoms with Gasteiger partial charge in [-0.05, 0) is 20.8 Å². The van der Waals surface area contributed by atoms with Crippen molar-refractivity contribution in [1.82, 2.24) is 29.3 Å². The lowest BCUT2D eigenvalue weighted by atomic mass is 10.2. The molecule has 3 rings (SSSR count). The molecule has 8 nitrogen and oxygen atoms in total. The van der Waals surface area contributed by atoms with Gasteiger partial charge in [-0.2, -0.15) is 15.3 Å². The Bertz CT molecular complexity index is 879. The molecule has 0 fully saturated rings. The van der Waals surface area contributed by atoms with E-state index in [0.717, 1.165) is 17.8 Å². The summed E-state index contributed by atoms with van der Waals surface area (Å²) in [7, 11) is 0. The summed E-state index contributed by atoms with van der Waals surface area (Å²) in [6.45, 7) is 7.29. The third-order valence-corrected chi connectivity index (χ3v) is 4.28. The van der Waals surface area contributed by atoms with Gasteiger partial charge in [0, 0.05) is 30.2 Å². The van der Waals surface area contributed by atoms with Crippen LogP contribution >= 0.6 is 11.6 Å². The van der Waals surface area contributed by atoms with Crippen LogP contribution in [0.3, 0.4) is 0 Å². The van der Waals surface area contributed by atoms with Crippen LogP contribution in [0, 0.1) is 6.92 Å². The Kier molecular flexibility index (Phi) is 4.89. The highest BCUT2D eigenvalue weighted by atomic mass is 35.5. The minimum Gasteiger partial charge on any atom is -0.322 e. The van der Waals surface area contributed by atoms with Gasteiger partial charge >= 0.3 is 0 Å². The molecule has 132 valence electrons. The normalized spacial score (nSPS) is 12.3. The van der Waals surface area contributed by atoms with Crippen molar-refractivity contribution >= 4 is 23.2 Å². The molecule has 1 N–H and O–H groups in total. The van der Waals surface area contributed by atoms with Crippen LogP contribution in [0.1, 0.15) is 31.1 Å². The summed E-state index contributed by atoms with van der Waals surface area (Å²) in [6, 6.07) is -0.471. The highest BCUT2D eigenvalue weighted by Crippen LogP contribution is 2.15. The second-order valence-electron chi connectivity index (χ2n) is 5.80. The van der Waals surface area contributed by atoms with Gasteiger partial charge in [-0.1, -0.05) is 11.6 Å². The fourth-order valence-electron chi connectivity index (χ4n) is 2.54. The molecule has 1 unspecified atom stereocenters. The van der Waals surface area contributed by atoms with E-state index in [1.807, 2.05) is 17.8 Å². The van der Waals surface area contributed by atoms with E-state index in [1.165, 1.54) is 10.9 Å². The number of nitrogens with one attached hydrogen (secondary N) is 1. The summed E-state index contributed by atoms with van der Waals surface area (Å²) < 4.78 is 5.23. The maximum absolute atomic E-state index is 12.3. The number of amides is 1. The van der Waals surface area contributed by atoms with Gasteiger partial charge in [0.15, 0.2) is 0 Å². The van der Waals surface area contributed by atoms with Crippen molar-refractivity contribution < 1.29 is 4.79 Å². The Balaban J connectivity index is 1.65. The van der Waals surface area contributed by atoms with Crippen LogP contribution in [0.15, 0.2) is 31.0 Å².